The molecule has 4 atom stereocenters. The van der Waals surface area contributed by atoms with E-state index in [-0.39, 0.29) is 28.8 Å². The normalized spacial score (nSPS) is 27.8. The van der Waals surface area contributed by atoms with Crippen LogP contribution in [0.25, 0.3) is 0 Å². The number of aromatic amines is 1. The first kappa shape index (κ1) is 30.4. The van der Waals surface area contributed by atoms with E-state index in [1.807, 2.05) is 0 Å². The first-order chi connectivity index (χ1) is 17.3. The summed E-state index contributed by atoms with van der Waals surface area (Å²) in [6.07, 6.45) is -1.54. The highest BCUT2D eigenvalue weighted by molar-refractivity contribution is 6.83. The van der Waals surface area contributed by atoms with Gasteiger partial charge in [0.2, 0.25) is 0 Å². The lowest BCUT2D eigenvalue weighted by Gasteiger charge is -2.51. The molecule has 2 aliphatic heterocycles. The van der Waals surface area contributed by atoms with Crippen LogP contribution in [0.4, 0.5) is 0 Å². The van der Waals surface area contributed by atoms with Gasteiger partial charge in [0.1, 0.15) is 18.3 Å². The van der Waals surface area contributed by atoms with Gasteiger partial charge in [-0.15, -0.1) is 0 Å². The van der Waals surface area contributed by atoms with Gasteiger partial charge in [-0.3, -0.25) is 14.3 Å². The van der Waals surface area contributed by atoms with Crippen LogP contribution in [-0.4, -0.2) is 72.3 Å². The molecule has 2 saturated heterocycles. The van der Waals surface area contributed by atoms with Crippen LogP contribution in [0.15, 0.2) is 21.9 Å². The Morgan fingerprint density at radius 3 is 2.00 bits per heavy atom. The quantitative estimate of drug-likeness (QED) is 0.358. The number of rotatable bonds is 9. The molecule has 0 amide bonds. The van der Waals surface area contributed by atoms with Gasteiger partial charge in [0.15, 0.2) is 6.23 Å². The second kappa shape index (κ2) is 11.9. The third kappa shape index (κ3) is 5.75. The molecule has 212 valence electrons. The van der Waals surface area contributed by atoms with Crippen molar-refractivity contribution in [2.24, 2.45) is 0 Å². The van der Waals surface area contributed by atoms with Gasteiger partial charge < -0.3 is 31.9 Å². The number of hydrogen-bond donors (Lipinski definition) is 1. The van der Waals surface area contributed by atoms with Crippen LogP contribution >= 0.6 is 0 Å². The Morgan fingerprint density at radius 2 is 1.51 bits per heavy atom. The van der Waals surface area contributed by atoms with E-state index in [0.29, 0.717) is 0 Å². The zero-order valence-corrected chi connectivity index (χ0v) is 25.7. The fourth-order valence-electron chi connectivity index (χ4n) is 5.45. The number of nitrogens with one attached hydrogen (secondary N) is 1. The first-order valence-corrected chi connectivity index (χ1v) is 17.0. The molecule has 0 saturated carbocycles. The number of aromatic nitrogens is 2. The highest BCUT2D eigenvalue weighted by atomic mass is 28.5. The van der Waals surface area contributed by atoms with Crippen molar-refractivity contribution in [3.05, 3.63) is 33.1 Å². The van der Waals surface area contributed by atoms with Crippen molar-refractivity contribution in [1.29, 1.82) is 0 Å². The minimum atomic E-state index is -2.98. The van der Waals surface area contributed by atoms with Crippen molar-refractivity contribution in [1.82, 2.24) is 9.55 Å². The minimum Gasteiger partial charge on any atom is -0.414 e. The van der Waals surface area contributed by atoms with Crippen molar-refractivity contribution >= 4 is 17.1 Å². The number of ether oxygens (including phenoxy) is 4. The Labute approximate surface area is 221 Å². The van der Waals surface area contributed by atoms with E-state index < -0.39 is 59.4 Å². The molecule has 1 N–H and O–H groups in total. The Kier molecular flexibility index (Phi) is 9.79. The predicted molar refractivity (Wildman–Crippen MR) is 142 cm³/mol. The van der Waals surface area contributed by atoms with Gasteiger partial charge in [0.25, 0.3) is 12.0 Å². The summed E-state index contributed by atoms with van der Waals surface area (Å²) >= 11 is 0. The number of hydrogen-bond acceptors (Lipinski definition) is 9. The molecule has 3 rings (SSSR count). The average molecular weight is 561 g/mol. The SMILES string of the molecule is COC(OC)O[C@@H]1[C@@H]2O[Si](C(C)C)(C(C)C)O[Si](C(C)C)(C(C)C)OC[C@H]2O[C@H]1n1ccc(=O)[nH]c1=O. The average Bonchev–Trinajstić information content (AvgIpc) is 3.12. The molecule has 11 nitrogen and oxygen atoms in total. The fourth-order valence-corrected chi connectivity index (χ4v) is 16.7. The number of fused-ring (bicyclic) bond motifs is 1. The van der Waals surface area contributed by atoms with Crippen LogP contribution < -0.4 is 11.2 Å². The molecule has 2 fully saturated rings. The van der Waals surface area contributed by atoms with Crippen molar-refractivity contribution in [3.8, 4) is 0 Å². The summed E-state index contributed by atoms with van der Waals surface area (Å²) in [6.45, 7) is 16.3. The molecule has 0 aliphatic carbocycles. The molecule has 1 aromatic heterocycles. The lowest BCUT2D eigenvalue weighted by molar-refractivity contribution is -0.299. The van der Waals surface area contributed by atoms with E-state index >= 15 is 0 Å². The molecule has 37 heavy (non-hydrogen) atoms. The van der Waals surface area contributed by atoms with Crippen molar-refractivity contribution < 1.29 is 31.9 Å². The molecule has 0 radical (unpaired) electrons. The van der Waals surface area contributed by atoms with E-state index in [1.54, 1.807) is 0 Å². The maximum absolute atomic E-state index is 12.8. The van der Waals surface area contributed by atoms with Gasteiger partial charge in [-0.25, -0.2) is 4.79 Å². The summed E-state index contributed by atoms with van der Waals surface area (Å²) in [5.41, 5.74) is -0.582. The summed E-state index contributed by atoms with van der Waals surface area (Å²) in [5.74, 6) is 0. The van der Waals surface area contributed by atoms with Gasteiger partial charge in [0.05, 0.1) is 6.61 Å². The number of H-pyrrole nitrogens is 1. The van der Waals surface area contributed by atoms with Gasteiger partial charge in [-0.05, 0) is 22.2 Å². The minimum absolute atomic E-state index is 0.0929. The smallest absolute Gasteiger partial charge is 0.335 e. The van der Waals surface area contributed by atoms with Crippen LogP contribution in [0.3, 0.4) is 0 Å². The van der Waals surface area contributed by atoms with Gasteiger partial charge >= 0.3 is 22.8 Å². The summed E-state index contributed by atoms with van der Waals surface area (Å²) in [5, 5.41) is 0. The Morgan fingerprint density at radius 1 is 0.946 bits per heavy atom. The molecule has 3 heterocycles. The van der Waals surface area contributed by atoms with Crippen LogP contribution in [0.2, 0.25) is 22.2 Å². The van der Waals surface area contributed by atoms with E-state index in [4.69, 9.17) is 31.9 Å². The molecule has 0 aromatic carbocycles. The Hall–Kier alpha value is -1.17. The molecule has 0 spiro atoms. The van der Waals surface area contributed by atoms with Crippen molar-refractivity contribution in [3.63, 3.8) is 0 Å². The maximum atomic E-state index is 12.8. The standard InChI is InChI=1S/C24H44N2O9Si2/c1-14(2)36(15(3)4)31-13-18-20(34-37(35-36,16(5)6)17(7)8)21(33-24(29-9)30-10)22(32-18)26-12-11-19(27)25-23(26)28/h11-12,14-18,20-22,24H,13H2,1-10H3,(H,25,27,28)/t18-,20-,21-,22-/m1/s1. The van der Waals surface area contributed by atoms with E-state index in [1.165, 1.54) is 31.0 Å². The van der Waals surface area contributed by atoms with Crippen LogP contribution in [0, 0.1) is 0 Å². The van der Waals surface area contributed by atoms with Crippen LogP contribution in [-0.2, 0) is 31.9 Å². The second-order valence-electron chi connectivity index (χ2n) is 11.0. The van der Waals surface area contributed by atoms with Crippen LogP contribution in [0.1, 0.15) is 61.6 Å². The molecule has 0 bridgehead atoms. The van der Waals surface area contributed by atoms with Gasteiger partial charge in [0, 0.05) is 26.5 Å². The fraction of sp³-hybridized carbons (Fsp3) is 0.833. The number of nitrogens with zero attached hydrogens (tertiary/aromatic N) is 1. The third-order valence-electron chi connectivity index (χ3n) is 7.40. The maximum Gasteiger partial charge on any atom is 0.335 e. The highest BCUT2D eigenvalue weighted by Crippen LogP contribution is 2.48. The van der Waals surface area contributed by atoms with Crippen LogP contribution in [0.5, 0.6) is 0 Å². The summed E-state index contributed by atoms with van der Waals surface area (Å²) in [7, 11) is -2.84. The third-order valence-corrected chi connectivity index (χ3v) is 17.6. The predicted octanol–water partition coefficient (Wildman–Crippen LogP) is 3.35. The van der Waals surface area contributed by atoms with Gasteiger partial charge in [-0.2, -0.15) is 0 Å². The van der Waals surface area contributed by atoms with Crippen molar-refractivity contribution in [2.45, 2.75) is 109 Å². The van der Waals surface area contributed by atoms with Gasteiger partial charge in [-0.1, -0.05) is 55.4 Å². The monoisotopic (exact) mass is 560 g/mol. The largest absolute Gasteiger partial charge is 0.414 e. The van der Waals surface area contributed by atoms with E-state index in [2.05, 4.69) is 60.4 Å². The molecular weight excluding hydrogens is 516 g/mol. The molecular formula is C24H44N2O9Si2. The summed E-state index contributed by atoms with van der Waals surface area (Å²) < 4.78 is 45.8. The first-order valence-electron chi connectivity index (χ1n) is 13.0. The number of methoxy groups -OCH3 is 2. The van der Waals surface area contributed by atoms with Crippen molar-refractivity contribution in [2.75, 3.05) is 20.8 Å². The second-order valence-corrected chi connectivity index (χ2v) is 19.8. The van der Waals surface area contributed by atoms with E-state index in [0.717, 1.165) is 0 Å². The Bertz CT molecular complexity index is 992. The zero-order valence-electron chi connectivity index (χ0n) is 23.7. The molecule has 1 aromatic rings. The topological polar surface area (TPSA) is 119 Å². The van der Waals surface area contributed by atoms with E-state index in [9.17, 15) is 9.59 Å². The molecule has 2 aliphatic rings. The lowest BCUT2D eigenvalue weighted by Crippen LogP contribution is -2.66. The molecule has 0 unspecified atom stereocenters. The molecule has 13 heteroatoms. The Balaban J connectivity index is 2.17. The zero-order chi connectivity index (χ0) is 27.7. The summed E-state index contributed by atoms with van der Waals surface area (Å²) in [4.78, 5) is 26.8. The lowest BCUT2D eigenvalue weighted by atomic mass is 10.1. The highest BCUT2D eigenvalue weighted by Gasteiger charge is 2.62. The summed E-state index contributed by atoms with van der Waals surface area (Å²) in [6, 6.07) is 1.27.